The summed E-state index contributed by atoms with van der Waals surface area (Å²) in [6, 6.07) is 3.66. The number of ether oxygens (including phenoxy) is 2. The van der Waals surface area contributed by atoms with Crippen molar-refractivity contribution in [2.45, 2.75) is 45.2 Å². The summed E-state index contributed by atoms with van der Waals surface area (Å²) in [5.41, 5.74) is 9.47. The number of anilines is 1. The Hall–Kier alpha value is -2.58. The fraction of sp³-hybridized carbons (Fsp3) is 0.455. The number of hydrogen-bond acceptors (Lipinski definition) is 6. The number of nitrogens with zero attached hydrogens (tertiary/aromatic N) is 1. The Morgan fingerprint density at radius 3 is 2.50 bits per heavy atom. The average Bonchev–Trinajstić information content (AvgIpc) is 3.32. The lowest BCUT2D eigenvalue weighted by molar-refractivity contribution is -0.121. The van der Waals surface area contributed by atoms with Crippen LogP contribution in [0.4, 0.5) is 5.00 Å². The van der Waals surface area contributed by atoms with Gasteiger partial charge in [-0.2, -0.15) is 0 Å². The van der Waals surface area contributed by atoms with Crippen molar-refractivity contribution in [1.29, 1.82) is 0 Å². The number of nitrogens with one attached hydrogen (secondary N) is 1. The van der Waals surface area contributed by atoms with E-state index in [2.05, 4.69) is 10.2 Å². The summed E-state index contributed by atoms with van der Waals surface area (Å²) in [7, 11) is 3.25. The third kappa shape index (κ3) is 3.65. The fourth-order valence-corrected chi connectivity index (χ4v) is 5.67. The summed E-state index contributed by atoms with van der Waals surface area (Å²) in [5, 5.41) is 3.57. The van der Waals surface area contributed by atoms with Gasteiger partial charge in [0, 0.05) is 18.0 Å². The second kappa shape index (κ2) is 8.28. The number of amides is 2. The lowest BCUT2D eigenvalue weighted by atomic mass is 9.97. The van der Waals surface area contributed by atoms with Crippen LogP contribution in [0.2, 0.25) is 0 Å². The molecule has 1 aromatic heterocycles. The number of aryl methyl sites for hydroxylation is 1. The van der Waals surface area contributed by atoms with E-state index < -0.39 is 5.91 Å². The summed E-state index contributed by atoms with van der Waals surface area (Å²) in [5.74, 6) is 0.821. The minimum Gasteiger partial charge on any atom is -0.493 e. The number of carbonyl (C=O) groups is 2. The largest absolute Gasteiger partial charge is 0.493 e. The zero-order valence-corrected chi connectivity index (χ0v) is 18.4. The van der Waals surface area contributed by atoms with E-state index in [0.717, 1.165) is 49.1 Å². The van der Waals surface area contributed by atoms with Crippen molar-refractivity contribution < 1.29 is 19.1 Å². The predicted molar refractivity (Wildman–Crippen MR) is 117 cm³/mol. The maximum absolute atomic E-state index is 13.0. The van der Waals surface area contributed by atoms with E-state index in [-0.39, 0.29) is 11.9 Å². The van der Waals surface area contributed by atoms with Crippen LogP contribution >= 0.6 is 11.3 Å². The minimum atomic E-state index is -0.467. The van der Waals surface area contributed by atoms with Crippen LogP contribution in [0, 0.1) is 0 Å². The van der Waals surface area contributed by atoms with E-state index in [1.54, 1.807) is 14.2 Å². The van der Waals surface area contributed by atoms with Gasteiger partial charge in [0.15, 0.2) is 11.5 Å². The van der Waals surface area contributed by atoms with Gasteiger partial charge < -0.3 is 20.5 Å². The molecule has 0 radical (unpaired) electrons. The first-order valence-electron chi connectivity index (χ1n) is 10.2. The zero-order valence-electron chi connectivity index (χ0n) is 17.5. The van der Waals surface area contributed by atoms with Crippen LogP contribution in [0.25, 0.3) is 0 Å². The number of rotatable bonds is 6. The molecule has 1 atom stereocenters. The van der Waals surface area contributed by atoms with E-state index in [1.807, 2.05) is 19.1 Å². The highest BCUT2D eigenvalue weighted by Crippen LogP contribution is 2.39. The minimum absolute atomic E-state index is 0.124. The molecule has 0 bridgehead atoms. The van der Waals surface area contributed by atoms with Crippen molar-refractivity contribution >= 4 is 28.2 Å². The van der Waals surface area contributed by atoms with Crippen LogP contribution in [-0.2, 0) is 30.6 Å². The molecular weight excluding hydrogens is 402 g/mol. The van der Waals surface area contributed by atoms with Crippen LogP contribution in [0.3, 0.4) is 0 Å². The van der Waals surface area contributed by atoms with Gasteiger partial charge in [-0.25, -0.2) is 0 Å². The molecule has 2 aromatic rings. The Labute approximate surface area is 180 Å². The smallest absolute Gasteiger partial charge is 0.251 e. The number of nitrogens with two attached hydrogens (primary N) is 1. The van der Waals surface area contributed by atoms with Crippen LogP contribution < -0.4 is 20.5 Å². The number of hydrogen-bond donors (Lipinski definition) is 2. The monoisotopic (exact) mass is 429 g/mol. The molecular formula is C22H27N3O4S. The molecule has 0 saturated heterocycles. The van der Waals surface area contributed by atoms with E-state index >= 15 is 0 Å². The van der Waals surface area contributed by atoms with E-state index in [9.17, 15) is 9.59 Å². The number of carbonyl (C=O) groups excluding carboxylic acids is 2. The Morgan fingerprint density at radius 1 is 1.13 bits per heavy atom. The SMILES string of the molecule is COc1cc2c(cc1OC)CN([C@H](C)C(=O)Nc1sc3c(c1C(N)=O)CCC3)CC2. The van der Waals surface area contributed by atoms with Gasteiger partial charge >= 0.3 is 0 Å². The molecule has 3 N–H and O–H groups in total. The third-order valence-corrected chi connectivity index (χ3v) is 7.29. The normalized spacial score (nSPS) is 16.5. The molecule has 7 nitrogen and oxygen atoms in total. The van der Waals surface area contributed by atoms with Gasteiger partial charge in [-0.15, -0.1) is 11.3 Å². The van der Waals surface area contributed by atoms with Crippen molar-refractivity contribution in [2.75, 3.05) is 26.1 Å². The Bertz CT molecular complexity index is 1000. The Morgan fingerprint density at radius 2 is 1.83 bits per heavy atom. The molecule has 0 saturated carbocycles. The Balaban J connectivity index is 1.50. The summed E-state index contributed by atoms with van der Waals surface area (Å²) in [6.07, 6.45) is 3.66. The third-order valence-electron chi connectivity index (χ3n) is 6.08. The van der Waals surface area contributed by atoms with Gasteiger partial charge in [0.25, 0.3) is 5.91 Å². The second-order valence-corrected chi connectivity index (χ2v) is 8.89. The zero-order chi connectivity index (χ0) is 21.4. The summed E-state index contributed by atoms with van der Waals surface area (Å²) >= 11 is 1.49. The van der Waals surface area contributed by atoms with Gasteiger partial charge in [-0.1, -0.05) is 0 Å². The average molecular weight is 430 g/mol. The van der Waals surface area contributed by atoms with Crippen LogP contribution in [-0.4, -0.2) is 43.5 Å². The molecule has 0 unspecified atom stereocenters. The highest BCUT2D eigenvalue weighted by atomic mass is 32.1. The first kappa shape index (κ1) is 20.7. The summed E-state index contributed by atoms with van der Waals surface area (Å²) in [4.78, 5) is 28.3. The number of thiophene rings is 1. The Kier molecular flexibility index (Phi) is 5.71. The molecule has 0 fully saturated rings. The topological polar surface area (TPSA) is 93.9 Å². The van der Waals surface area contributed by atoms with Gasteiger partial charge in [0.1, 0.15) is 5.00 Å². The highest BCUT2D eigenvalue weighted by Gasteiger charge is 2.30. The maximum Gasteiger partial charge on any atom is 0.251 e. The summed E-state index contributed by atoms with van der Waals surface area (Å²) < 4.78 is 10.8. The van der Waals surface area contributed by atoms with Gasteiger partial charge in [0.2, 0.25) is 5.91 Å². The van der Waals surface area contributed by atoms with Crippen molar-refractivity contribution in [3.8, 4) is 11.5 Å². The summed E-state index contributed by atoms with van der Waals surface area (Å²) in [6.45, 7) is 3.31. The molecule has 1 aliphatic heterocycles. The number of fused-ring (bicyclic) bond motifs is 2. The molecule has 160 valence electrons. The van der Waals surface area contributed by atoms with Crippen molar-refractivity contribution in [2.24, 2.45) is 5.73 Å². The van der Waals surface area contributed by atoms with Gasteiger partial charge in [0.05, 0.1) is 25.8 Å². The van der Waals surface area contributed by atoms with Gasteiger partial charge in [-0.05, 0) is 61.4 Å². The lowest BCUT2D eigenvalue weighted by Crippen LogP contribution is -2.44. The molecule has 2 heterocycles. The molecule has 1 aromatic carbocycles. The number of primary amides is 1. The molecule has 8 heteroatoms. The van der Waals surface area contributed by atoms with Crippen molar-refractivity contribution in [1.82, 2.24) is 4.90 Å². The van der Waals surface area contributed by atoms with Crippen molar-refractivity contribution in [3.05, 3.63) is 39.3 Å². The molecule has 2 aliphatic rings. The second-order valence-electron chi connectivity index (χ2n) is 7.79. The van der Waals surface area contributed by atoms with Crippen LogP contribution in [0.5, 0.6) is 11.5 Å². The van der Waals surface area contributed by atoms with E-state index in [4.69, 9.17) is 15.2 Å². The van der Waals surface area contributed by atoms with Crippen LogP contribution in [0.15, 0.2) is 12.1 Å². The van der Waals surface area contributed by atoms with Crippen LogP contribution in [0.1, 0.15) is 45.3 Å². The number of methoxy groups -OCH3 is 2. The first-order chi connectivity index (χ1) is 14.4. The molecule has 4 rings (SSSR count). The van der Waals surface area contributed by atoms with E-state index in [1.165, 1.54) is 21.8 Å². The number of benzene rings is 1. The van der Waals surface area contributed by atoms with Gasteiger partial charge in [-0.3, -0.25) is 14.5 Å². The van der Waals surface area contributed by atoms with E-state index in [0.29, 0.717) is 22.9 Å². The maximum atomic E-state index is 13.0. The molecule has 30 heavy (non-hydrogen) atoms. The molecule has 2 amide bonds. The standard InChI is InChI=1S/C22H27N3O4S/c1-12(21(27)24-22-19(20(23)26)15-5-4-6-18(15)30-22)25-8-7-13-9-16(28-2)17(29-3)10-14(13)11-25/h9-10,12H,4-8,11H2,1-3H3,(H2,23,26)(H,24,27)/t12-/m1/s1. The quantitative estimate of drug-likeness (QED) is 0.736. The molecule has 1 aliphatic carbocycles. The predicted octanol–water partition coefficient (Wildman–Crippen LogP) is 2.74. The molecule has 0 spiro atoms. The lowest BCUT2D eigenvalue weighted by Gasteiger charge is -2.33. The highest BCUT2D eigenvalue weighted by molar-refractivity contribution is 7.17. The van der Waals surface area contributed by atoms with Crippen molar-refractivity contribution in [3.63, 3.8) is 0 Å². The first-order valence-corrected chi connectivity index (χ1v) is 11.0. The fourth-order valence-electron chi connectivity index (χ4n) is 4.37.